The van der Waals surface area contributed by atoms with Crippen molar-refractivity contribution in [2.24, 2.45) is 0 Å². The number of esters is 1. The summed E-state index contributed by atoms with van der Waals surface area (Å²) in [6.45, 7) is 1.49. The van der Waals surface area contributed by atoms with Gasteiger partial charge in [0, 0.05) is 6.92 Å². The number of ether oxygens (including phenoxy) is 1. The highest BCUT2D eigenvalue weighted by Gasteiger charge is 2.01. The van der Waals surface area contributed by atoms with Gasteiger partial charge in [0.1, 0.15) is 6.61 Å². The topological polar surface area (TPSA) is 78.1 Å². The lowest BCUT2D eigenvalue weighted by Crippen LogP contribution is -1.97. The lowest BCUT2D eigenvalue weighted by Gasteiger charge is -1.94. The standard InChI is InChI=1S/C5H7N3O2S/c1-3(9)10-2-4-7-8-5(6)11-4/h2H2,1H3,(H2,6,8). The van der Waals surface area contributed by atoms with Crippen LogP contribution in [0.3, 0.4) is 0 Å². The molecule has 0 amide bonds. The van der Waals surface area contributed by atoms with E-state index in [1.165, 1.54) is 18.3 Å². The number of aromatic nitrogens is 2. The molecular formula is C5H7N3O2S. The van der Waals surface area contributed by atoms with E-state index >= 15 is 0 Å². The van der Waals surface area contributed by atoms with E-state index in [2.05, 4.69) is 14.9 Å². The second-order valence-corrected chi connectivity index (χ2v) is 2.91. The molecule has 0 aliphatic heterocycles. The molecule has 2 N–H and O–H groups in total. The number of hydrogen-bond acceptors (Lipinski definition) is 6. The van der Waals surface area contributed by atoms with Gasteiger partial charge in [-0.3, -0.25) is 4.79 Å². The number of hydrogen-bond donors (Lipinski definition) is 1. The summed E-state index contributed by atoms with van der Waals surface area (Å²) >= 11 is 1.21. The first-order valence-electron chi connectivity index (χ1n) is 2.89. The number of nitrogens with two attached hydrogens (primary N) is 1. The van der Waals surface area contributed by atoms with Crippen molar-refractivity contribution in [2.75, 3.05) is 5.73 Å². The third kappa shape index (κ3) is 2.50. The zero-order valence-corrected chi connectivity index (χ0v) is 6.72. The number of carbonyl (C=O) groups excluding carboxylic acids is 1. The fourth-order valence-electron chi connectivity index (χ4n) is 0.488. The first-order valence-corrected chi connectivity index (χ1v) is 3.71. The molecule has 1 aromatic heterocycles. The van der Waals surface area contributed by atoms with Crippen molar-refractivity contribution < 1.29 is 9.53 Å². The SMILES string of the molecule is CC(=O)OCc1nnc(N)s1. The third-order valence-electron chi connectivity index (χ3n) is 0.881. The van der Waals surface area contributed by atoms with E-state index < -0.39 is 0 Å². The van der Waals surface area contributed by atoms with Gasteiger partial charge in [0.25, 0.3) is 0 Å². The predicted molar refractivity (Wildman–Crippen MR) is 39.8 cm³/mol. The van der Waals surface area contributed by atoms with E-state index in [0.29, 0.717) is 10.1 Å². The first kappa shape index (κ1) is 7.93. The van der Waals surface area contributed by atoms with E-state index in [0.717, 1.165) is 0 Å². The van der Waals surface area contributed by atoms with Gasteiger partial charge in [-0.2, -0.15) is 0 Å². The number of rotatable bonds is 2. The van der Waals surface area contributed by atoms with Crippen molar-refractivity contribution in [2.45, 2.75) is 13.5 Å². The molecule has 0 saturated carbocycles. The largest absolute Gasteiger partial charge is 0.458 e. The summed E-state index contributed by atoms with van der Waals surface area (Å²) in [6.07, 6.45) is 0. The fraction of sp³-hybridized carbons (Fsp3) is 0.400. The van der Waals surface area contributed by atoms with Crippen molar-refractivity contribution in [3.63, 3.8) is 0 Å². The molecule has 0 aromatic carbocycles. The minimum atomic E-state index is -0.334. The molecule has 0 saturated heterocycles. The predicted octanol–water partition coefficient (Wildman–Crippen LogP) is 0.183. The van der Waals surface area contributed by atoms with Crippen molar-refractivity contribution in [3.8, 4) is 0 Å². The Morgan fingerprint density at radius 3 is 2.91 bits per heavy atom. The van der Waals surface area contributed by atoms with Gasteiger partial charge in [0.2, 0.25) is 5.13 Å². The number of nitrogens with zero attached hydrogens (tertiary/aromatic N) is 2. The molecule has 0 unspecified atom stereocenters. The van der Waals surface area contributed by atoms with E-state index in [4.69, 9.17) is 5.73 Å². The molecule has 0 fully saturated rings. The van der Waals surface area contributed by atoms with Crippen LogP contribution in [-0.4, -0.2) is 16.2 Å². The summed E-state index contributed by atoms with van der Waals surface area (Å²) in [4.78, 5) is 10.3. The van der Waals surface area contributed by atoms with Gasteiger partial charge in [-0.05, 0) is 0 Å². The van der Waals surface area contributed by atoms with Crippen LogP contribution < -0.4 is 5.73 Å². The summed E-state index contributed by atoms with van der Waals surface area (Å²) in [5, 5.41) is 8.19. The van der Waals surface area contributed by atoms with Gasteiger partial charge < -0.3 is 10.5 Å². The Morgan fingerprint density at radius 2 is 2.45 bits per heavy atom. The second kappa shape index (κ2) is 3.29. The zero-order chi connectivity index (χ0) is 8.27. The van der Waals surface area contributed by atoms with E-state index in [1.807, 2.05) is 0 Å². The van der Waals surface area contributed by atoms with Crippen LogP contribution in [0.4, 0.5) is 5.13 Å². The van der Waals surface area contributed by atoms with Gasteiger partial charge in [-0.15, -0.1) is 10.2 Å². The molecular weight excluding hydrogens is 166 g/mol. The Balaban J connectivity index is 2.45. The normalized spacial score (nSPS) is 9.55. The first-order chi connectivity index (χ1) is 5.18. The zero-order valence-electron chi connectivity index (χ0n) is 5.90. The van der Waals surface area contributed by atoms with Crippen LogP contribution in [0.2, 0.25) is 0 Å². The maximum atomic E-state index is 10.3. The van der Waals surface area contributed by atoms with Crippen molar-refractivity contribution in [1.29, 1.82) is 0 Å². The molecule has 60 valence electrons. The molecule has 1 aromatic rings. The van der Waals surface area contributed by atoms with Crippen LogP contribution >= 0.6 is 11.3 Å². The van der Waals surface area contributed by atoms with Gasteiger partial charge in [-0.25, -0.2) is 0 Å². The quantitative estimate of drug-likeness (QED) is 0.645. The molecule has 0 aliphatic rings. The highest BCUT2D eigenvalue weighted by Crippen LogP contribution is 2.11. The van der Waals surface area contributed by atoms with E-state index in [1.54, 1.807) is 0 Å². The maximum Gasteiger partial charge on any atom is 0.303 e. The van der Waals surface area contributed by atoms with Gasteiger partial charge in [0.15, 0.2) is 5.01 Å². The second-order valence-electron chi connectivity index (χ2n) is 1.81. The van der Waals surface area contributed by atoms with Gasteiger partial charge in [0.05, 0.1) is 0 Å². The van der Waals surface area contributed by atoms with Crippen LogP contribution in [0.15, 0.2) is 0 Å². The molecule has 0 aliphatic carbocycles. The average molecular weight is 173 g/mol. The van der Waals surface area contributed by atoms with Crippen LogP contribution in [-0.2, 0) is 16.1 Å². The number of anilines is 1. The molecule has 0 spiro atoms. The van der Waals surface area contributed by atoms with Crippen LogP contribution in [0.25, 0.3) is 0 Å². The lowest BCUT2D eigenvalue weighted by atomic mass is 10.7. The summed E-state index contributed by atoms with van der Waals surface area (Å²) in [5.74, 6) is -0.334. The molecule has 0 atom stereocenters. The Labute approximate surface area is 67.2 Å². The number of carbonyl (C=O) groups is 1. The van der Waals surface area contributed by atoms with Crippen LogP contribution in [0.5, 0.6) is 0 Å². The Hall–Kier alpha value is -1.17. The minimum Gasteiger partial charge on any atom is -0.458 e. The van der Waals surface area contributed by atoms with Gasteiger partial charge >= 0.3 is 5.97 Å². The smallest absolute Gasteiger partial charge is 0.303 e. The summed E-state index contributed by atoms with van der Waals surface area (Å²) < 4.78 is 4.65. The highest BCUT2D eigenvalue weighted by molar-refractivity contribution is 7.15. The fourth-order valence-corrected chi connectivity index (χ4v) is 1.01. The molecule has 1 heterocycles. The lowest BCUT2D eigenvalue weighted by molar-refractivity contribution is -0.142. The maximum absolute atomic E-state index is 10.3. The van der Waals surface area contributed by atoms with Crippen LogP contribution in [0.1, 0.15) is 11.9 Å². The molecule has 0 bridgehead atoms. The highest BCUT2D eigenvalue weighted by atomic mass is 32.1. The molecule has 1 rings (SSSR count). The summed E-state index contributed by atoms with van der Waals surface area (Å²) in [5.41, 5.74) is 5.29. The summed E-state index contributed by atoms with van der Waals surface area (Å²) in [7, 11) is 0. The average Bonchev–Trinajstić information content (AvgIpc) is 2.31. The summed E-state index contributed by atoms with van der Waals surface area (Å²) in [6, 6.07) is 0. The Morgan fingerprint density at radius 1 is 1.73 bits per heavy atom. The van der Waals surface area contributed by atoms with E-state index in [-0.39, 0.29) is 12.6 Å². The molecule has 0 radical (unpaired) electrons. The minimum absolute atomic E-state index is 0.157. The molecule has 11 heavy (non-hydrogen) atoms. The monoisotopic (exact) mass is 173 g/mol. The Kier molecular flexibility index (Phi) is 2.37. The van der Waals surface area contributed by atoms with Crippen molar-refractivity contribution >= 4 is 22.4 Å². The van der Waals surface area contributed by atoms with Crippen LogP contribution in [0, 0.1) is 0 Å². The van der Waals surface area contributed by atoms with Gasteiger partial charge in [-0.1, -0.05) is 11.3 Å². The molecule has 6 heteroatoms. The Bertz CT molecular complexity index is 260. The number of nitrogen functional groups attached to an aromatic ring is 1. The van der Waals surface area contributed by atoms with E-state index in [9.17, 15) is 4.79 Å². The van der Waals surface area contributed by atoms with Crippen molar-refractivity contribution in [3.05, 3.63) is 5.01 Å². The molecule has 5 nitrogen and oxygen atoms in total. The van der Waals surface area contributed by atoms with Crippen molar-refractivity contribution in [1.82, 2.24) is 10.2 Å². The third-order valence-corrected chi connectivity index (χ3v) is 1.61.